The molecule has 0 atom stereocenters. The summed E-state index contributed by atoms with van der Waals surface area (Å²) in [6.45, 7) is 6.07. The van der Waals surface area contributed by atoms with E-state index in [1.54, 1.807) is 18.3 Å². The van der Waals surface area contributed by atoms with Crippen molar-refractivity contribution in [3.05, 3.63) is 109 Å². The lowest BCUT2D eigenvalue weighted by Crippen LogP contribution is -2.09. The van der Waals surface area contributed by atoms with Gasteiger partial charge >= 0.3 is 0 Å². The summed E-state index contributed by atoms with van der Waals surface area (Å²) < 4.78 is 15.1. The third kappa shape index (κ3) is 3.32. The molecule has 1 heterocycles. The number of rotatable bonds is 5. The topological polar surface area (TPSA) is 21.1 Å². The van der Waals surface area contributed by atoms with Crippen LogP contribution in [-0.4, -0.2) is 9.78 Å². The number of halogens is 1. The highest BCUT2D eigenvalue weighted by Crippen LogP contribution is 2.33. The van der Waals surface area contributed by atoms with Gasteiger partial charge in [0, 0.05) is 23.1 Å². The lowest BCUT2D eigenvalue weighted by molar-refractivity contribution is 0.627. The van der Waals surface area contributed by atoms with E-state index in [0.717, 1.165) is 33.9 Å². The first-order chi connectivity index (χ1) is 13.7. The Hall–Kier alpha value is -3.66. The molecule has 3 aromatic carbocycles. The van der Waals surface area contributed by atoms with Gasteiger partial charge in [0.15, 0.2) is 0 Å². The minimum Gasteiger partial charge on any atom is -0.317 e. The van der Waals surface area contributed by atoms with E-state index in [4.69, 9.17) is 0 Å². The Labute approximate surface area is 164 Å². The number of nitrogens with zero attached hydrogens (tertiary/aromatic N) is 3. The molecule has 0 spiro atoms. The van der Waals surface area contributed by atoms with Crippen molar-refractivity contribution in [2.75, 3.05) is 4.90 Å². The maximum Gasteiger partial charge on any atom is 0.123 e. The molecule has 0 fully saturated rings. The van der Waals surface area contributed by atoms with Crippen LogP contribution in [0.1, 0.15) is 5.56 Å². The van der Waals surface area contributed by atoms with Crippen molar-refractivity contribution in [1.29, 1.82) is 0 Å². The molecule has 0 bridgehead atoms. The zero-order valence-corrected chi connectivity index (χ0v) is 15.6. The quantitative estimate of drug-likeness (QED) is 0.413. The number of para-hydroxylation sites is 1. The number of hydrogen-bond acceptors (Lipinski definition) is 2. The summed E-state index contributed by atoms with van der Waals surface area (Å²) in [6.07, 6.45) is 3.57. The van der Waals surface area contributed by atoms with Gasteiger partial charge < -0.3 is 4.90 Å². The van der Waals surface area contributed by atoms with Gasteiger partial charge in [-0.2, -0.15) is 5.10 Å². The molecular weight excluding hydrogens is 349 g/mol. The van der Waals surface area contributed by atoms with Crippen molar-refractivity contribution in [2.24, 2.45) is 0 Å². The van der Waals surface area contributed by atoms with Crippen LogP contribution in [0.4, 0.5) is 15.8 Å². The van der Waals surface area contributed by atoms with Gasteiger partial charge in [-0.3, -0.25) is 0 Å². The van der Waals surface area contributed by atoms with Crippen LogP contribution in [0.2, 0.25) is 0 Å². The largest absolute Gasteiger partial charge is 0.317 e. The molecule has 138 valence electrons. The number of aromatic nitrogens is 2. The van der Waals surface area contributed by atoms with E-state index in [2.05, 4.69) is 53.8 Å². The molecule has 0 radical (unpaired) electrons. The molecule has 0 unspecified atom stereocenters. The van der Waals surface area contributed by atoms with Crippen LogP contribution in [0.3, 0.4) is 0 Å². The maximum atomic E-state index is 13.3. The summed E-state index contributed by atoms with van der Waals surface area (Å²) in [5.41, 5.74) is 6.00. The van der Waals surface area contributed by atoms with Gasteiger partial charge in [-0.1, -0.05) is 36.9 Å². The number of anilines is 2. The second kappa shape index (κ2) is 7.53. The Bertz CT molecular complexity index is 1100. The molecule has 4 heteroatoms. The first kappa shape index (κ1) is 17.7. The van der Waals surface area contributed by atoms with E-state index in [1.807, 2.05) is 35.1 Å². The van der Waals surface area contributed by atoms with Crippen molar-refractivity contribution >= 4 is 11.4 Å². The molecule has 0 aliphatic rings. The van der Waals surface area contributed by atoms with E-state index in [0.29, 0.717) is 0 Å². The van der Waals surface area contributed by atoms with Gasteiger partial charge in [0.2, 0.25) is 0 Å². The maximum absolute atomic E-state index is 13.3. The lowest BCUT2D eigenvalue weighted by Gasteiger charge is -2.23. The zero-order valence-electron chi connectivity index (χ0n) is 15.6. The Morgan fingerprint density at radius 2 is 1.71 bits per heavy atom. The predicted octanol–water partition coefficient (Wildman–Crippen LogP) is 6.27. The molecule has 4 aromatic rings. The summed E-state index contributed by atoms with van der Waals surface area (Å²) in [5, 5.41) is 4.43. The van der Waals surface area contributed by atoms with Crippen LogP contribution in [0, 0.1) is 12.7 Å². The van der Waals surface area contributed by atoms with Crippen LogP contribution in [0.15, 0.2) is 97.8 Å². The van der Waals surface area contributed by atoms with Gasteiger partial charge in [-0.15, -0.1) is 0 Å². The Morgan fingerprint density at radius 3 is 2.43 bits per heavy atom. The lowest BCUT2D eigenvalue weighted by atomic mass is 10.1. The molecule has 1 aromatic heterocycles. The molecule has 0 amide bonds. The Kier molecular flexibility index (Phi) is 4.77. The van der Waals surface area contributed by atoms with E-state index in [-0.39, 0.29) is 5.82 Å². The fraction of sp³-hybridized carbons (Fsp3) is 0.0417. The van der Waals surface area contributed by atoms with Crippen molar-refractivity contribution in [3.8, 4) is 16.9 Å². The number of benzene rings is 3. The highest BCUT2D eigenvalue weighted by atomic mass is 19.1. The smallest absolute Gasteiger partial charge is 0.123 e. The predicted molar refractivity (Wildman–Crippen MR) is 112 cm³/mol. The second-order valence-corrected chi connectivity index (χ2v) is 6.49. The Morgan fingerprint density at radius 1 is 0.964 bits per heavy atom. The van der Waals surface area contributed by atoms with Gasteiger partial charge in [0.1, 0.15) is 5.82 Å². The average Bonchev–Trinajstić information content (AvgIpc) is 3.21. The fourth-order valence-corrected chi connectivity index (χ4v) is 3.27. The van der Waals surface area contributed by atoms with Crippen molar-refractivity contribution < 1.29 is 4.39 Å². The van der Waals surface area contributed by atoms with Gasteiger partial charge in [-0.25, -0.2) is 9.07 Å². The number of aryl methyl sites for hydroxylation is 1. The van der Waals surface area contributed by atoms with Gasteiger partial charge in [0.05, 0.1) is 17.6 Å². The third-order valence-electron chi connectivity index (χ3n) is 4.70. The molecular formula is C24H20FN3. The monoisotopic (exact) mass is 369 g/mol. The third-order valence-corrected chi connectivity index (χ3v) is 4.70. The molecule has 0 saturated carbocycles. The summed E-state index contributed by atoms with van der Waals surface area (Å²) in [7, 11) is 0. The Balaban J connectivity index is 1.79. The average molecular weight is 369 g/mol. The van der Waals surface area contributed by atoms with Crippen molar-refractivity contribution in [3.63, 3.8) is 0 Å². The number of hydrogen-bond donors (Lipinski definition) is 0. The van der Waals surface area contributed by atoms with Crippen LogP contribution >= 0.6 is 0 Å². The van der Waals surface area contributed by atoms with E-state index in [9.17, 15) is 4.39 Å². The first-order valence-electron chi connectivity index (χ1n) is 9.05. The van der Waals surface area contributed by atoms with E-state index < -0.39 is 0 Å². The second-order valence-electron chi connectivity index (χ2n) is 6.49. The summed E-state index contributed by atoms with van der Waals surface area (Å²) in [4.78, 5) is 2.07. The SMILES string of the molecule is C=CN(c1ccccc1)c1cc(-c2ccnn2-c2ccc(F)cc2)ccc1C. The molecule has 0 saturated heterocycles. The highest BCUT2D eigenvalue weighted by Gasteiger charge is 2.13. The van der Waals surface area contributed by atoms with E-state index in [1.165, 1.54) is 12.1 Å². The fourth-order valence-electron chi connectivity index (χ4n) is 3.27. The van der Waals surface area contributed by atoms with Crippen molar-refractivity contribution in [1.82, 2.24) is 9.78 Å². The zero-order chi connectivity index (χ0) is 19.5. The summed E-state index contributed by atoms with van der Waals surface area (Å²) in [6, 6.07) is 24.7. The highest BCUT2D eigenvalue weighted by molar-refractivity contribution is 5.75. The molecule has 0 N–H and O–H groups in total. The standard InChI is InChI=1S/C24H20FN3/c1-3-27(21-7-5-4-6-8-21)24-17-19(10-9-18(24)2)23-15-16-26-28(23)22-13-11-20(25)12-14-22/h3-17H,1H2,2H3. The molecule has 0 aliphatic carbocycles. The first-order valence-corrected chi connectivity index (χ1v) is 9.05. The molecule has 3 nitrogen and oxygen atoms in total. The van der Waals surface area contributed by atoms with E-state index >= 15 is 0 Å². The normalized spacial score (nSPS) is 10.6. The van der Waals surface area contributed by atoms with Crippen LogP contribution in [0.5, 0.6) is 0 Å². The molecule has 28 heavy (non-hydrogen) atoms. The van der Waals surface area contributed by atoms with Gasteiger partial charge in [-0.05, 0) is 61.0 Å². The molecule has 4 rings (SSSR count). The summed E-state index contributed by atoms with van der Waals surface area (Å²) >= 11 is 0. The summed E-state index contributed by atoms with van der Waals surface area (Å²) in [5.74, 6) is -0.264. The van der Waals surface area contributed by atoms with Crippen LogP contribution in [-0.2, 0) is 0 Å². The van der Waals surface area contributed by atoms with Gasteiger partial charge in [0.25, 0.3) is 0 Å². The minimum absolute atomic E-state index is 0.264. The van der Waals surface area contributed by atoms with Crippen molar-refractivity contribution in [2.45, 2.75) is 6.92 Å². The minimum atomic E-state index is -0.264. The molecule has 0 aliphatic heterocycles. The van der Waals surface area contributed by atoms with Crippen LogP contribution in [0.25, 0.3) is 16.9 Å². The van der Waals surface area contributed by atoms with Crippen LogP contribution < -0.4 is 4.90 Å².